The average molecular weight is 436 g/mol. The van der Waals surface area contributed by atoms with E-state index in [-0.39, 0.29) is 11.8 Å². The predicted molar refractivity (Wildman–Crippen MR) is 110 cm³/mol. The summed E-state index contributed by atoms with van der Waals surface area (Å²) in [5.74, 6) is 0.393. The summed E-state index contributed by atoms with van der Waals surface area (Å²) >= 11 is 3.44. The molecule has 4 aromatic rings. The van der Waals surface area contributed by atoms with Crippen molar-refractivity contribution >= 4 is 33.2 Å². The second kappa shape index (κ2) is 6.91. The Hall–Kier alpha value is -2.93. The first-order chi connectivity index (χ1) is 13.7. The Labute approximate surface area is 170 Å². The van der Waals surface area contributed by atoms with Gasteiger partial charge in [-0.05, 0) is 42.2 Å². The van der Waals surface area contributed by atoms with Crippen molar-refractivity contribution in [1.82, 2.24) is 19.2 Å². The van der Waals surface area contributed by atoms with E-state index in [1.807, 2.05) is 53.3 Å². The lowest BCUT2D eigenvalue weighted by molar-refractivity contribution is -0.117. The number of benzene rings is 1. The number of halogens is 1. The molecule has 28 heavy (non-hydrogen) atoms. The highest BCUT2D eigenvalue weighted by Gasteiger charge is 2.43. The van der Waals surface area contributed by atoms with Crippen LogP contribution in [-0.4, -0.2) is 25.1 Å². The molecule has 0 bridgehead atoms. The normalized spacial score (nSPS) is 18.3. The van der Waals surface area contributed by atoms with E-state index in [2.05, 4.69) is 43.5 Å². The molecule has 0 spiro atoms. The summed E-state index contributed by atoms with van der Waals surface area (Å²) in [6.45, 7) is 0.558. The van der Waals surface area contributed by atoms with Gasteiger partial charge in [0.25, 0.3) is 0 Å². The van der Waals surface area contributed by atoms with Gasteiger partial charge in [0.2, 0.25) is 5.91 Å². The number of amides is 1. The predicted octanol–water partition coefficient (Wildman–Crippen LogP) is 4.08. The second-order valence-electron chi connectivity index (χ2n) is 7.11. The van der Waals surface area contributed by atoms with E-state index >= 15 is 0 Å². The number of pyridine rings is 1. The van der Waals surface area contributed by atoms with E-state index in [1.165, 1.54) is 5.56 Å². The zero-order valence-corrected chi connectivity index (χ0v) is 16.6. The Morgan fingerprint density at radius 1 is 1.18 bits per heavy atom. The van der Waals surface area contributed by atoms with Crippen LogP contribution in [-0.2, 0) is 11.3 Å². The summed E-state index contributed by atoms with van der Waals surface area (Å²) in [6, 6.07) is 14.1. The van der Waals surface area contributed by atoms with Gasteiger partial charge in [0.05, 0.1) is 24.1 Å². The molecule has 1 aliphatic rings. The van der Waals surface area contributed by atoms with Crippen LogP contribution >= 0.6 is 15.9 Å². The number of carbonyl (C=O) groups is 1. The summed E-state index contributed by atoms with van der Waals surface area (Å²) < 4.78 is 4.82. The fourth-order valence-corrected chi connectivity index (χ4v) is 3.81. The Kier molecular flexibility index (Phi) is 4.24. The minimum atomic E-state index is 0.0305. The second-order valence-corrected chi connectivity index (χ2v) is 8.03. The van der Waals surface area contributed by atoms with Crippen LogP contribution in [0.2, 0.25) is 0 Å². The zero-order valence-electron chi connectivity index (χ0n) is 15.0. The highest BCUT2D eigenvalue weighted by molar-refractivity contribution is 9.10. The van der Waals surface area contributed by atoms with Gasteiger partial charge in [0, 0.05) is 29.0 Å². The van der Waals surface area contributed by atoms with E-state index < -0.39 is 0 Å². The minimum Gasteiger partial charge on any atom is -0.323 e. The van der Waals surface area contributed by atoms with Gasteiger partial charge < -0.3 is 9.72 Å². The number of anilines is 1. The molecule has 1 aromatic carbocycles. The van der Waals surface area contributed by atoms with Gasteiger partial charge in [-0.25, -0.2) is 4.98 Å². The third-order valence-corrected chi connectivity index (χ3v) is 5.59. The molecule has 1 aliphatic carbocycles. The fourth-order valence-electron chi connectivity index (χ4n) is 3.54. The Bertz CT molecular complexity index is 1110. The highest BCUT2D eigenvalue weighted by atomic mass is 79.9. The first kappa shape index (κ1) is 17.2. The Morgan fingerprint density at radius 2 is 2.04 bits per heavy atom. The molecule has 1 saturated carbocycles. The molecule has 1 fully saturated rings. The van der Waals surface area contributed by atoms with Crippen LogP contribution in [0.4, 0.5) is 5.69 Å². The first-order valence-electron chi connectivity index (χ1n) is 9.17. The average Bonchev–Trinajstić information content (AvgIpc) is 3.21. The standard InChI is InChI=1S/C21H18BrN5O/c22-15-6-4-14(5-7-15)18-9-19(18)21(28)25-16-10-23-27(12-16)13-17-11-26-8-2-1-3-20(26)24-17/h1-8,10-12,18-19H,9,13H2,(H,25,28). The van der Waals surface area contributed by atoms with Gasteiger partial charge in [0.15, 0.2) is 0 Å². The van der Waals surface area contributed by atoms with Crippen LogP contribution in [0.25, 0.3) is 5.65 Å². The number of rotatable bonds is 5. The van der Waals surface area contributed by atoms with Gasteiger partial charge in [0.1, 0.15) is 5.65 Å². The molecule has 3 aromatic heterocycles. The molecule has 1 N–H and O–H groups in total. The van der Waals surface area contributed by atoms with Crippen LogP contribution < -0.4 is 5.32 Å². The molecular weight excluding hydrogens is 418 g/mol. The maximum atomic E-state index is 12.5. The van der Waals surface area contributed by atoms with Crippen LogP contribution in [0, 0.1) is 5.92 Å². The number of nitrogens with one attached hydrogen (secondary N) is 1. The van der Waals surface area contributed by atoms with E-state index in [9.17, 15) is 4.79 Å². The number of carbonyl (C=O) groups excluding carboxylic acids is 1. The van der Waals surface area contributed by atoms with Crippen molar-refractivity contribution in [1.29, 1.82) is 0 Å². The highest BCUT2D eigenvalue weighted by Crippen LogP contribution is 2.48. The number of aromatic nitrogens is 4. The molecule has 0 saturated heterocycles. The maximum Gasteiger partial charge on any atom is 0.228 e. The Morgan fingerprint density at radius 3 is 2.86 bits per heavy atom. The summed E-state index contributed by atoms with van der Waals surface area (Å²) in [4.78, 5) is 17.1. The number of imidazole rings is 1. The lowest BCUT2D eigenvalue weighted by Crippen LogP contribution is -2.14. The van der Waals surface area contributed by atoms with E-state index in [4.69, 9.17) is 0 Å². The van der Waals surface area contributed by atoms with E-state index in [0.717, 1.165) is 27.9 Å². The smallest absolute Gasteiger partial charge is 0.228 e. The molecule has 5 rings (SSSR count). The molecule has 1 amide bonds. The molecular formula is C21H18BrN5O. The SMILES string of the molecule is O=C(Nc1cnn(Cc2cn3ccccc3n2)c1)C1CC1c1ccc(Br)cc1. The largest absolute Gasteiger partial charge is 0.323 e. The monoisotopic (exact) mass is 435 g/mol. The summed E-state index contributed by atoms with van der Waals surface area (Å²) in [5, 5.41) is 7.34. The Balaban J connectivity index is 1.22. The number of nitrogens with zero attached hydrogens (tertiary/aromatic N) is 4. The van der Waals surface area contributed by atoms with Gasteiger partial charge in [-0.1, -0.05) is 34.1 Å². The third kappa shape index (κ3) is 3.45. The van der Waals surface area contributed by atoms with Crippen molar-refractivity contribution in [2.75, 3.05) is 5.32 Å². The lowest BCUT2D eigenvalue weighted by Gasteiger charge is -2.03. The molecule has 3 heterocycles. The minimum absolute atomic E-state index is 0.0305. The summed E-state index contributed by atoms with van der Waals surface area (Å²) in [6.07, 6.45) is 8.38. The summed E-state index contributed by atoms with van der Waals surface area (Å²) in [5.41, 5.74) is 3.76. The van der Waals surface area contributed by atoms with Crippen LogP contribution in [0.1, 0.15) is 23.6 Å². The van der Waals surface area contributed by atoms with Gasteiger partial charge in [-0.15, -0.1) is 0 Å². The van der Waals surface area contributed by atoms with Crippen molar-refractivity contribution in [2.24, 2.45) is 5.92 Å². The van der Waals surface area contributed by atoms with Crippen molar-refractivity contribution in [3.05, 3.63) is 83.0 Å². The van der Waals surface area contributed by atoms with E-state index in [1.54, 1.807) is 10.9 Å². The van der Waals surface area contributed by atoms with Crippen molar-refractivity contribution < 1.29 is 4.79 Å². The van der Waals surface area contributed by atoms with Gasteiger partial charge in [-0.2, -0.15) is 5.10 Å². The number of hydrogen-bond acceptors (Lipinski definition) is 3. The van der Waals surface area contributed by atoms with Crippen LogP contribution in [0.3, 0.4) is 0 Å². The van der Waals surface area contributed by atoms with Crippen molar-refractivity contribution in [2.45, 2.75) is 18.9 Å². The third-order valence-electron chi connectivity index (χ3n) is 5.06. The molecule has 0 aliphatic heterocycles. The molecule has 0 radical (unpaired) electrons. The van der Waals surface area contributed by atoms with Crippen LogP contribution in [0.5, 0.6) is 0 Å². The van der Waals surface area contributed by atoms with E-state index in [0.29, 0.717) is 12.5 Å². The zero-order chi connectivity index (χ0) is 19.1. The molecule has 6 nitrogen and oxygen atoms in total. The van der Waals surface area contributed by atoms with Gasteiger partial charge >= 0.3 is 0 Å². The molecule has 2 unspecified atom stereocenters. The quantitative estimate of drug-likeness (QED) is 0.513. The molecule has 140 valence electrons. The lowest BCUT2D eigenvalue weighted by atomic mass is 10.1. The van der Waals surface area contributed by atoms with Crippen LogP contribution in [0.15, 0.2) is 71.7 Å². The van der Waals surface area contributed by atoms with Gasteiger partial charge in [-0.3, -0.25) is 9.48 Å². The first-order valence-corrected chi connectivity index (χ1v) is 9.96. The fraction of sp³-hybridized carbons (Fsp3) is 0.190. The summed E-state index contributed by atoms with van der Waals surface area (Å²) in [7, 11) is 0. The molecule has 2 atom stereocenters. The maximum absolute atomic E-state index is 12.5. The number of hydrogen-bond donors (Lipinski definition) is 1. The van der Waals surface area contributed by atoms with Crippen molar-refractivity contribution in [3.63, 3.8) is 0 Å². The molecule has 7 heteroatoms. The number of fused-ring (bicyclic) bond motifs is 1. The topological polar surface area (TPSA) is 64.2 Å². The van der Waals surface area contributed by atoms with Crippen molar-refractivity contribution in [3.8, 4) is 0 Å².